The van der Waals surface area contributed by atoms with Gasteiger partial charge in [0.15, 0.2) is 0 Å². The zero-order valence-electron chi connectivity index (χ0n) is 6.79. The summed E-state index contributed by atoms with van der Waals surface area (Å²) in [4.78, 5) is 0. The minimum atomic E-state index is -3.22. The van der Waals surface area contributed by atoms with Gasteiger partial charge in [-0.25, -0.2) is 4.72 Å². The van der Waals surface area contributed by atoms with Crippen LogP contribution in [0.25, 0.3) is 0 Å². The summed E-state index contributed by atoms with van der Waals surface area (Å²) in [6, 6.07) is 0. The largest absolute Gasteiger partial charge is 0.279 e. The number of hydrogen-bond acceptors (Lipinski definition) is 2. The second kappa shape index (κ2) is 4.41. The molecule has 1 rings (SSSR count). The van der Waals surface area contributed by atoms with Crippen molar-refractivity contribution in [3.63, 3.8) is 0 Å². The Labute approximate surface area is 78.1 Å². The molecule has 0 aliphatic carbocycles. The van der Waals surface area contributed by atoms with E-state index in [4.69, 9.17) is 11.6 Å². The van der Waals surface area contributed by atoms with Crippen LogP contribution in [0.4, 0.5) is 0 Å². The first-order chi connectivity index (χ1) is 5.67. The summed E-state index contributed by atoms with van der Waals surface area (Å²) in [7, 11) is -3.22. The van der Waals surface area contributed by atoms with Crippen LogP contribution in [0, 0.1) is 0 Å². The highest BCUT2D eigenvalue weighted by atomic mass is 35.5. The van der Waals surface area contributed by atoms with E-state index in [0.29, 0.717) is 25.5 Å². The molecule has 0 aromatic rings. The van der Waals surface area contributed by atoms with Crippen molar-refractivity contribution in [1.82, 2.24) is 9.03 Å². The third kappa shape index (κ3) is 2.58. The lowest BCUT2D eigenvalue weighted by atomic mass is 10.4. The van der Waals surface area contributed by atoms with Gasteiger partial charge < -0.3 is 0 Å². The average molecular weight is 213 g/mol. The molecule has 0 radical (unpaired) electrons. The van der Waals surface area contributed by atoms with Crippen molar-refractivity contribution in [2.75, 3.05) is 25.5 Å². The molecule has 0 aromatic carbocycles. The molecule has 72 valence electrons. The topological polar surface area (TPSA) is 49.4 Å². The highest BCUT2D eigenvalue weighted by Crippen LogP contribution is 2.10. The van der Waals surface area contributed by atoms with Crippen molar-refractivity contribution in [3.8, 4) is 0 Å². The SMILES string of the molecule is O=S(=O)(NCCCl)N1CCCC1. The minimum absolute atomic E-state index is 0.306. The molecule has 12 heavy (non-hydrogen) atoms. The van der Waals surface area contributed by atoms with Crippen molar-refractivity contribution >= 4 is 21.8 Å². The summed E-state index contributed by atoms with van der Waals surface area (Å²) in [6.07, 6.45) is 1.92. The van der Waals surface area contributed by atoms with Crippen molar-refractivity contribution in [1.29, 1.82) is 0 Å². The van der Waals surface area contributed by atoms with Gasteiger partial charge in [0.05, 0.1) is 0 Å². The molecule has 1 heterocycles. The molecule has 6 heteroatoms. The lowest BCUT2D eigenvalue weighted by Crippen LogP contribution is -2.39. The van der Waals surface area contributed by atoms with Gasteiger partial charge in [0.25, 0.3) is 10.2 Å². The Balaban J connectivity index is 2.46. The van der Waals surface area contributed by atoms with E-state index in [1.165, 1.54) is 4.31 Å². The van der Waals surface area contributed by atoms with Gasteiger partial charge >= 0.3 is 0 Å². The number of alkyl halides is 1. The maximum atomic E-state index is 11.3. The molecular weight excluding hydrogens is 200 g/mol. The van der Waals surface area contributed by atoms with Gasteiger partial charge in [0.1, 0.15) is 0 Å². The third-order valence-corrected chi connectivity index (χ3v) is 3.59. The van der Waals surface area contributed by atoms with Crippen LogP contribution in [-0.4, -0.2) is 38.2 Å². The minimum Gasteiger partial charge on any atom is -0.201 e. The Morgan fingerprint density at radius 3 is 2.42 bits per heavy atom. The van der Waals surface area contributed by atoms with Crippen molar-refractivity contribution in [2.24, 2.45) is 0 Å². The molecular formula is C6H13ClN2O2S. The molecule has 0 saturated carbocycles. The lowest BCUT2D eigenvalue weighted by Gasteiger charge is -2.14. The smallest absolute Gasteiger partial charge is 0.201 e. The number of nitrogens with zero attached hydrogens (tertiary/aromatic N) is 1. The highest BCUT2D eigenvalue weighted by molar-refractivity contribution is 7.87. The van der Waals surface area contributed by atoms with E-state index in [9.17, 15) is 8.42 Å². The number of nitrogens with one attached hydrogen (secondary N) is 1. The summed E-state index contributed by atoms with van der Waals surface area (Å²) in [5, 5.41) is 0. The molecule has 1 N–H and O–H groups in total. The van der Waals surface area contributed by atoms with Crippen LogP contribution in [0.15, 0.2) is 0 Å². The average Bonchev–Trinajstić information content (AvgIpc) is 2.53. The first-order valence-electron chi connectivity index (χ1n) is 3.97. The molecule has 0 aromatic heterocycles. The maximum Gasteiger partial charge on any atom is 0.279 e. The fourth-order valence-electron chi connectivity index (χ4n) is 1.19. The summed E-state index contributed by atoms with van der Waals surface area (Å²) in [5.41, 5.74) is 0. The van der Waals surface area contributed by atoms with Gasteiger partial charge in [-0.15, -0.1) is 11.6 Å². The van der Waals surface area contributed by atoms with Gasteiger partial charge in [-0.3, -0.25) is 0 Å². The third-order valence-electron chi connectivity index (χ3n) is 1.78. The lowest BCUT2D eigenvalue weighted by molar-refractivity contribution is 0.466. The molecule has 0 amide bonds. The van der Waals surface area contributed by atoms with Crippen LogP contribution in [0.1, 0.15) is 12.8 Å². The molecule has 0 bridgehead atoms. The van der Waals surface area contributed by atoms with E-state index in [0.717, 1.165) is 12.8 Å². The molecule has 0 spiro atoms. The van der Waals surface area contributed by atoms with E-state index in [-0.39, 0.29) is 0 Å². The molecule has 1 fully saturated rings. The Bertz CT molecular complexity index is 224. The Hall–Kier alpha value is 0.160. The van der Waals surface area contributed by atoms with E-state index >= 15 is 0 Å². The second-order valence-corrected chi connectivity index (χ2v) is 4.83. The van der Waals surface area contributed by atoms with E-state index in [2.05, 4.69) is 4.72 Å². The molecule has 1 aliphatic heterocycles. The first kappa shape index (κ1) is 10.2. The van der Waals surface area contributed by atoms with Gasteiger partial charge in [-0.05, 0) is 12.8 Å². The van der Waals surface area contributed by atoms with Crippen molar-refractivity contribution < 1.29 is 8.42 Å². The van der Waals surface area contributed by atoms with Crippen molar-refractivity contribution in [3.05, 3.63) is 0 Å². The van der Waals surface area contributed by atoms with Crippen LogP contribution >= 0.6 is 11.6 Å². The van der Waals surface area contributed by atoms with E-state index in [1.54, 1.807) is 0 Å². The van der Waals surface area contributed by atoms with Crippen LogP contribution in [0.5, 0.6) is 0 Å². The summed E-state index contributed by atoms with van der Waals surface area (Å²) < 4.78 is 26.6. The number of rotatable bonds is 4. The van der Waals surface area contributed by atoms with Gasteiger partial charge in [-0.1, -0.05) is 0 Å². The van der Waals surface area contributed by atoms with Crippen LogP contribution in [0.2, 0.25) is 0 Å². The Morgan fingerprint density at radius 2 is 1.92 bits per heavy atom. The fourth-order valence-corrected chi connectivity index (χ4v) is 2.68. The summed E-state index contributed by atoms with van der Waals surface area (Å²) in [6.45, 7) is 1.58. The summed E-state index contributed by atoms with van der Waals surface area (Å²) in [5.74, 6) is 0.313. The maximum absolute atomic E-state index is 11.3. The fraction of sp³-hybridized carbons (Fsp3) is 1.00. The molecule has 0 atom stereocenters. The molecule has 1 saturated heterocycles. The van der Waals surface area contributed by atoms with Gasteiger partial charge in [0, 0.05) is 25.5 Å². The molecule has 1 aliphatic rings. The standard InChI is InChI=1S/C6H13ClN2O2S/c7-3-4-8-12(10,11)9-5-1-2-6-9/h8H,1-6H2. The molecule has 4 nitrogen and oxygen atoms in total. The van der Waals surface area contributed by atoms with Crippen LogP contribution in [0.3, 0.4) is 0 Å². The van der Waals surface area contributed by atoms with E-state index < -0.39 is 10.2 Å². The van der Waals surface area contributed by atoms with Gasteiger partial charge in [-0.2, -0.15) is 12.7 Å². The van der Waals surface area contributed by atoms with Crippen LogP contribution in [-0.2, 0) is 10.2 Å². The predicted octanol–water partition coefficient (Wildman–Crippen LogP) is 0.155. The summed E-state index contributed by atoms with van der Waals surface area (Å²) >= 11 is 5.37. The number of halogens is 1. The normalized spacial score (nSPS) is 20.1. The number of hydrogen-bond donors (Lipinski definition) is 1. The molecule has 0 unspecified atom stereocenters. The van der Waals surface area contributed by atoms with Crippen molar-refractivity contribution in [2.45, 2.75) is 12.8 Å². The highest BCUT2D eigenvalue weighted by Gasteiger charge is 2.23. The van der Waals surface area contributed by atoms with Gasteiger partial charge in [0.2, 0.25) is 0 Å². The first-order valence-corrected chi connectivity index (χ1v) is 5.95. The predicted molar refractivity (Wildman–Crippen MR) is 48.4 cm³/mol. The van der Waals surface area contributed by atoms with E-state index in [1.807, 2.05) is 0 Å². The second-order valence-electron chi connectivity index (χ2n) is 2.69. The quantitative estimate of drug-likeness (QED) is 0.675. The Kier molecular flexibility index (Phi) is 3.77. The monoisotopic (exact) mass is 212 g/mol. The zero-order chi connectivity index (χ0) is 9.03. The zero-order valence-corrected chi connectivity index (χ0v) is 8.36. The van der Waals surface area contributed by atoms with Crippen LogP contribution < -0.4 is 4.72 Å². The Morgan fingerprint density at radius 1 is 1.33 bits per heavy atom.